The Kier molecular flexibility index (Phi) is 6.21. The Labute approximate surface area is 172 Å². The summed E-state index contributed by atoms with van der Waals surface area (Å²) in [6, 6.07) is 16.0. The molecule has 1 heterocycles. The van der Waals surface area contributed by atoms with E-state index in [1.807, 2.05) is 38.1 Å². The molecular formula is C21H20ClN3O2S. The summed E-state index contributed by atoms with van der Waals surface area (Å²) in [7, 11) is 0. The molecule has 1 aromatic heterocycles. The zero-order valence-corrected chi connectivity index (χ0v) is 17.3. The Morgan fingerprint density at radius 1 is 1.11 bits per heavy atom. The molecule has 28 heavy (non-hydrogen) atoms. The van der Waals surface area contributed by atoms with Crippen LogP contribution in [0.1, 0.15) is 18.1 Å². The second-order valence-electron chi connectivity index (χ2n) is 6.47. The Morgan fingerprint density at radius 2 is 1.82 bits per heavy atom. The van der Waals surface area contributed by atoms with E-state index in [-0.39, 0.29) is 11.5 Å². The number of aryl methyl sites for hydroxylation is 2. The van der Waals surface area contributed by atoms with Crippen molar-refractivity contribution in [3.05, 3.63) is 81.1 Å². The SMILES string of the molecule is Cc1ccc(-n2nc(SC(C)C(=O)Nc3ccc(Cl)cc3C)ccc2=O)cc1. The molecule has 3 rings (SSSR count). The summed E-state index contributed by atoms with van der Waals surface area (Å²) in [5.41, 5.74) is 3.18. The van der Waals surface area contributed by atoms with Gasteiger partial charge in [-0.15, -0.1) is 0 Å². The number of thioether (sulfide) groups is 1. The number of carbonyl (C=O) groups excluding carboxylic acids is 1. The third kappa shape index (κ3) is 4.82. The van der Waals surface area contributed by atoms with E-state index < -0.39 is 5.25 Å². The molecule has 3 aromatic rings. The molecular weight excluding hydrogens is 394 g/mol. The highest BCUT2D eigenvalue weighted by atomic mass is 35.5. The maximum absolute atomic E-state index is 12.6. The van der Waals surface area contributed by atoms with Crippen molar-refractivity contribution in [1.29, 1.82) is 0 Å². The predicted molar refractivity (Wildman–Crippen MR) is 115 cm³/mol. The lowest BCUT2D eigenvalue weighted by molar-refractivity contribution is -0.115. The summed E-state index contributed by atoms with van der Waals surface area (Å²) >= 11 is 7.25. The van der Waals surface area contributed by atoms with E-state index in [9.17, 15) is 9.59 Å². The first kappa shape index (κ1) is 20.2. The van der Waals surface area contributed by atoms with Gasteiger partial charge in [-0.25, -0.2) is 0 Å². The average Bonchev–Trinajstić information content (AvgIpc) is 2.66. The number of nitrogens with zero attached hydrogens (tertiary/aromatic N) is 2. The summed E-state index contributed by atoms with van der Waals surface area (Å²) in [4.78, 5) is 24.7. The fourth-order valence-corrected chi connectivity index (χ4v) is 3.59. The molecule has 0 saturated heterocycles. The van der Waals surface area contributed by atoms with Crippen molar-refractivity contribution < 1.29 is 4.79 Å². The number of rotatable bonds is 5. The van der Waals surface area contributed by atoms with Crippen LogP contribution < -0.4 is 10.9 Å². The number of halogens is 1. The first-order valence-electron chi connectivity index (χ1n) is 8.74. The lowest BCUT2D eigenvalue weighted by Gasteiger charge is -2.14. The Balaban J connectivity index is 1.75. The minimum atomic E-state index is -0.397. The van der Waals surface area contributed by atoms with Gasteiger partial charge in [-0.2, -0.15) is 9.78 Å². The van der Waals surface area contributed by atoms with Crippen LogP contribution in [0, 0.1) is 13.8 Å². The molecule has 0 radical (unpaired) electrons. The van der Waals surface area contributed by atoms with Crippen molar-refractivity contribution in [2.45, 2.75) is 31.0 Å². The van der Waals surface area contributed by atoms with Gasteiger partial charge in [-0.3, -0.25) is 9.59 Å². The lowest BCUT2D eigenvalue weighted by Crippen LogP contribution is -2.24. The zero-order chi connectivity index (χ0) is 20.3. The maximum atomic E-state index is 12.6. The van der Waals surface area contributed by atoms with Gasteiger partial charge >= 0.3 is 0 Å². The van der Waals surface area contributed by atoms with Gasteiger partial charge < -0.3 is 5.32 Å². The number of amides is 1. The molecule has 1 unspecified atom stereocenters. The van der Waals surface area contributed by atoms with E-state index in [1.54, 1.807) is 31.2 Å². The van der Waals surface area contributed by atoms with Crippen LogP contribution in [0.2, 0.25) is 5.02 Å². The van der Waals surface area contributed by atoms with E-state index in [4.69, 9.17) is 11.6 Å². The molecule has 0 bridgehead atoms. The highest BCUT2D eigenvalue weighted by molar-refractivity contribution is 8.00. The second kappa shape index (κ2) is 8.63. The number of nitrogens with one attached hydrogen (secondary N) is 1. The standard InChI is InChI=1S/C21H20ClN3O2S/c1-13-4-7-17(8-5-13)25-20(26)11-10-19(24-25)28-15(3)21(27)23-18-9-6-16(22)12-14(18)2/h4-12,15H,1-3H3,(H,23,27). The molecule has 0 aliphatic rings. The normalized spacial score (nSPS) is 11.9. The Hall–Kier alpha value is -2.57. The molecule has 7 heteroatoms. The van der Waals surface area contributed by atoms with Crippen LogP contribution in [0.3, 0.4) is 0 Å². The van der Waals surface area contributed by atoms with Crippen molar-refractivity contribution in [1.82, 2.24) is 9.78 Å². The first-order valence-corrected chi connectivity index (χ1v) is 10.0. The van der Waals surface area contributed by atoms with Gasteiger partial charge in [0.25, 0.3) is 5.56 Å². The summed E-state index contributed by atoms with van der Waals surface area (Å²) in [6.45, 7) is 5.67. The van der Waals surface area contributed by atoms with Crippen molar-refractivity contribution in [2.75, 3.05) is 5.32 Å². The van der Waals surface area contributed by atoms with E-state index in [2.05, 4.69) is 10.4 Å². The summed E-state index contributed by atoms with van der Waals surface area (Å²) in [6.07, 6.45) is 0. The molecule has 1 N–H and O–H groups in total. The molecule has 2 aromatic carbocycles. The van der Waals surface area contributed by atoms with Gasteiger partial charge in [0.2, 0.25) is 5.91 Å². The monoisotopic (exact) mass is 413 g/mol. The van der Waals surface area contributed by atoms with Crippen LogP contribution in [-0.4, -0.2) is 20.9 Å². The number of benzene rings is 2. The second-order valence-corrected chi connectivity index (χ2v) is 8.26. The van der Waals surface area contributed by atoms with Gasteiger partial charge in [0.15, 0.2) is 0 Å². The molecule has 0 saturated carbocycles. The maximum Gasteiger partial charge on any atom is 0.271 e. The van der Waals surface area contributed by atoms with Crippen molar-refractivity contribution in [3.8, 4) is 5.69 Å². The van der Waals surface area contributed by atoms with E-state index in [1.165, 1.54) is 22.5 Å². The van der Waals surface area contributed by atoms with E-state index in [0.717, 1.165) is 16.8 Å². The third-order valence-corrected chi connectivity index (χ3v) is 5.43. The lowest BCUT2D eigenvalue weighted by atomic mass is 10.2. The molecule has 5 nitrogen and oxygen atoms in total. The zero-order valence-electron chi connectivity index (χ0n) is 15.8. The fraction of sp³-hybridized carbons (Fsp3) is 0.190. The number of aromatic nitrogens is 2. The van der Waals surface area contributed by atoms with Crippen molar-refractivity contribution >= 4 is 35.0 Å². The van der Waals surface area contributed by atoms with Crippen LogP contribution in [0.25, 0.3) is 5.69 Å². The van der Waals surface area contributed by atoms with Gasteiger partial charge in [0.1, 0.15) is 5.03 Å². The Morgan fingerprint density at radius 3 is 2.50 bits per heavy atom. The largest absolute Gasteiger partial charge is 0.325 e. The highest BCUT2D eigenvalue weighted by Crippen LogP contribution is 2.24. The van der Waals surface area contributed by atoms with Gasteiger partial charge in [0.05, 0.1) is 10.9 Å². The van der Waals surface area contributed by atoms with Crippen LogP contribution >= 0.6 is 23.4 Å². The number of hydrogen-bond donors (Lipinski definition) is 1. The molecule has 0 aliphatic carbocycles. The fourth-order valence-electron chi connectivity index (χ4n) is 2.56. The molecule has 0 spiro atoms. The van der Waals surface area contributed by atoms with Gasteiger partial charge in [-0.1, -0.05) is 41.1 Å². The van der Waals surface area contributed by atoms with Crippen LogP contribution in [0.5, 0.6) is 0 Å². The van der Waals surface area contributed by atoms with Crippen LogP contribution in [-0.2, 0) is 4.79 Å². The highest BCUT2D eigenvalue weighted by Gasteiger charge is 2.17. The predicted octanol–water partition coefficient (Wildman–Crippen LogP) is 4.62. The summed E-state index contributed by atoms with van der Waals surface area (Å²) in [5, 5.41) is 8.13. The summed E-state index contributed by atoms with van der Waals surface area (Å²) in [5.74, 6) is -0.148. The molecule has 1 atom stereocenters. The Bertz CT molecular complexity index is 1060. The molecule has 0 aliphatic heterocycles. The third-order valence-electron chi connectivity index (χ3n) is 4.17. The number of anilines is 1. The minimum absolute atomic E-state index is 0.148. The molecule has 144 valence electrons. The summed E-state index contributed by atoms with van der Waals surface area (Å²) < 4.78 is 1.34. The van der Waals surface area contributed by atoms with Crippen molar-refractivity contribution in [2.24, 2.45) is 0 Å². The quantitative estimate of drug-likeness (QED) is 0.620. The smallest absolute Gasteiger partial charge is 0.271 e. The van der Waals surface area contributed by atoms with Gasteiger partial charge in [-0.05, 0) is 62.7 Å². The van der Waals surface area contributed by atoms with Gasteiger partial charge in [0, 0.05) is 16.8 Å². The molecule has 0 fully saturated rings. The number of carbonyl (C=O) groups is 1. The first-order chi connectivity index (χ1) is 13.3. The van der Waals surface area contributed by atoms with E-state index in [0.29, 0.717) is 15.7 Å². The topological polar surface area (TPSA) is 64.0 Å². The minimum Gasteiger partial charge on any atom is -0.325 e. The van der Waals surface area contributed by atoms with Crippen LogP contribution in [0.4, 0.5) is 5.69 Å². The molecule has 1 amide bonds. The van der Waals surface area contributed by atoms with Crippen molar-refractivity contribution in [3.63, 3.8) is 0 Å². The average molecular weight is 414 g/mol. The van der Waals surface area contributed by atoms with E-state index >= 15 is 0 Å². The van der Waals surface area contributed by atoms with Crippen LogP contribution in [0.15, 0.2) is 64.4 Å². The number of hydrogen-bond acceptors (Lipinski definition) is 4.